The van der Waals surface area contributed by atoms with Gasteiger partial charge in [0, 0.05) is 6.54 Å². The van der Waals surface area contributed by atoms with Gasteiger partial charge in [-0.1, -0.05) is 0 Å². The zero-order valence-corrected chi connectivity index (χ0v) is 14.6. The zero-order valence-electron chi connectivity index (χ0n) is 11.4. The Morgan fingerprint density at radius 2 is 1.95 bits per heavy atom. The second kappa shape index (κ2) is 8.95. The van der Waals surface area contributed by atoms with Crippen LogP contribution in [0.15, 0.2) is 21.1 Å². The first kappa shape index (κ1) is 17.0. The van der Waals surface area contributed by atoms with Crippen molar-refractivity contribution in [1.29, 1.82) is 0 Å². The van der Waals surface area contributed by atoms with Gasteiger partial charge in [0.2, 0.25) is 0 Å². The standard InChI is InChI=1S/C14H21Br2NO2/c1-3-19-14-12(15)7-11(8-13(14)16)9-17-6-4-5-10(2)18/h7-8,10,17-18H,3-6,9H2,1-2H3. The molecule has 1 atom stereocenters. The van der Waals surface area contributed by atoms with Gasteiger partial charge in [-0.2, -0.15) is 0 Å². The van der Waals surface area contributed by atoms with E-state index in [9.17, 15) is 0 Å². The Bertz CT molecular complexity index is 374. The van der Waals surface area contributed by atoms with Gasteiger partial charge in [-0.15, -0.1) is 0 Å². The first-order valence-corrected chi connectivity index (χ1v) is 8.12. The van der Waals surface area contributed by atoms with E-state index < -0.39 is 0 Å². The molecule has 0 aromatic heterocycles. The number of halogens is 2. The van der Waals surface area contributed by atoms with E-state index >= 15 is 0 Å². The summed E-state index contributed by atoms with van der Waals surface area (Å²) in [5, 5.41) is 12.5. The molecule has 1 unspecified atom stereocenters. The van der Waals surface area contributed by atoms with Crippen LogP contribution in [0.3, 0.4) is 0 Å². The van der Waals surface area contributed by atoms with Crippen LogP contribution in [0.4, 0.5) is 0 Å². The summed E-state index contributed by atoms with van der Waals surface area (Å²) in [6.45, 7) is 6.15. The average molecular weight is 395 g/mol. The van der Waals surface area contributed by atoms with Crippen LogP contribution < -0.4 is 10.1 Å². The van der Waals surface area contributed by atoms with Gasteiger partial charge in [0.05, 0.1) is 21.7 Å². The highest BCUT2D eigenvalue weighted by Crippen LogP contribution is 2.34. The van der Waals surface area contributed by atoms with E-state index in [0.29, 0.717) is 6.61 Å². The largest absolute Gasteiger partial charge is 0.492 e. The number of ether oxygens (including phenoxy) is 1. The van der Waals surface area contributed by atoms with E-state index in [1.54, 1.807) is 0 Å². The normalized spacial score (nSPS) is 12.5. The molecule has 19 heavy (non-hydrogen) atoms. The third-order valence-electron chi connectivity index (χ3n) is 2.65. The summed E-state index contributed by atoms with van der Waals surface area (Å²) in [6, 6.07) is 4.13. The molecule has 0 spiro atoms. The summed E-state index contributed by atoms with van der Waals surface area (Å²) in [4.78, 5) is 0. The van der Waals surface area contributed by atoms with Crippen molar-refractivity contribution in [3.05, 3.63) is 26.6 Å². The predicted octanol–water partition coefficient (Wildman–Crippen LogP) is 3.86. The Morgan fingerprint density at radius 3 is 2.47 bits per heavy atom. The highest BCUT2D eigenvalue weighted by Gasteiger charge is 2.08. The summed E-state index contributed by atoms with van der Waals surface area (Å²) in [6.07, 6.45) is 1.61. The van der Waals surface area contributed by atoms with E-state index in [-0.39, 0.29) is 6.10 Å². The highest BCUT2D eigenvalue weighted by atomic mass is 79.9. The van der Waals surface area contributed by atoms with Gasteiger partial charge in [-0.25, -0.2) is 0 Å². The third-order valence-corrected chi connectivity index (χ3v) is 3.83. The third kappa shape index (κ3) is 6.25. The fraction of sp³-hybridized carbons (Fsp3) is 0.571. The van der Waals surface area contributed by atoms with Crippen LogP contribution in [-0.4, -0.2) is 24.4 Å². The van der Waals surface area contributed by atoms with Gasteiger partial charge in [-0.05, 0) is 82.8 Å². The Hall–Kier alpha value is -0.100. The molecular weight excluding hydrogens is 374 g/mol. The molecule has 0 radical (unpaired) electrons. The lowest BCUT2D eigenvalue weighted by atomic mass is 10.2. The Morgan fingerprint density at radius 1 is 1.32 bits per heavy atom. The molecule has 2 N–H and O–H groups in total. The minimum atomic E-state index is -0.212. The molecule has 0 aliphatic heterocycles. The first-order chi connectivity index (χ1) is 9.04. The summed E-state index contributed by atoms with van der Waals surface area (Å²) in [5.41, 5.74) is 1.19. The lowest BCUT2D eigenvalue weighted by Crippen LogP contribution is -2.16. The molecule has 5 heteroatoms. The summed E-state index contributed by atoms with van der Waals surface area (Å²) >= 11 is 7.05. The van der Waals surface area contributed by atoms with Gasteiger partial charge in [0.1, 0.15) is 5.75 Å². The Labute approximate surface area is 132 Å². The summed E-state index contributed by atoms with van der Waals surface area (Å²) in [5.74, 6) is 0.848. The predicted molar refractivity (Wildman–Crippen MR) is 85.6 cm³/mol. The van der Waals surface area contributed by atoms with Crippen molar-refractivity contribution in [3.8, 4) is 5.75 Å². The molecule has 0 bridgehead atoms. The molecule has 0 aliphatic rings. The maximum absolute atomic E-state index is 9.17. The number of hydrogen-bond acceptors (Lipinski definition) is 3. The van der Waals surface area contributed by atoms with Crippen molar-refractivity contribution in [2.75, 3.05) is 13.2 Å². The average Bonchev–Trinajstić information content (AvgIpc) is 2.33. The fourth-order valence-corrected chi connectivity index (χ4v) is 3.26. The van der Waals surface area contributed by atoms with Crippen molar-refractivity contribution in [2.24, 2.45) is 0 Å². The van der Waals surface area contributed by atoms with Crippen LogP contribution in [0, 0.1) is 0 Å². The Balaban J connectivity index is 2.47. The lowest BCUT2D eigenvalue weighted by molar-refractivity contribution is 0.181. The first-order valence-electron chi connectivity index (χ1n) is 6.54. The van der Waals surface area contributed by atoms with Gasteiger partial charge < -0.3 is 15.2 Å². The van der Waals surface area contributed by atoms with Crippen LogP contribution in [0.1, 0.15) is 32.3 Å². The smallest absolute Gasteiger partial charge is 0.147 e. The SMILES string of the molecule is CCOc1c(Br)cc(CNCCCC(C)O)cc1Br. The molecule has 108 valence electrons. The molecule has 0 heterocycles. The fourth-order valence-electron chi connectivity index (χ4n) is 1.75. The van der Waals surface area contributed by atoms with Gasteiger partial charge in [0.15, 0.2) is 0 Å². The number of aliphatic hydroxyl groups excluding tert-OH is 1. The van der Waals surface area contributed by atoms with Crippen molar-refractivity contribution in [1.82, 2.24) is 5.32 Å². The van der Waals surface area contributed by atoms with Crippen LogP contribution in [0.2, 0.25) is 0 Å². The molecule has 1 aromatic rings. The van der Waals surface area contributed by atoms with Gasteiger partial charge in [0.25, 0.3) is 0 Å². The van der Waals surface area contributed by atoms with E-state index in [2.05, 4.69) is 49.3 Å². The van der Waals surface area contributed by atoms with E-state index in [0.717, 1.165) is 40.6 Å². The van der Waals surface area contributed by atoms with Crippen LogP contribution in [-0.2, 0) is 6.54 Å². The van der Waals surface area contributed by atoms with E-state index in [1.807, 2.05) is 13.8 Å². The maximum Gasteiger partial charge on any atom is 0.147 e. The van der Waals surface area contributed by atoms with Crippen molar-refractivity contribution in [3.63, 3.8) is 0 Å². The molecule has 0 saturated heterocycles. The van der Waals surface area contributed by atoms with Crippen molar-refractivity contribution < 1.29 is 9.84 Å². The molecule has 1 rings (SSSR count). The molecule has 1 aromatic carbocycles. The van der Waals surface area contributed by atoms with Crippen molar-refractivity contribution >= 4 is 31.9 Å². The molecular formula is C14H21Br2NO2. The van der Waals surface area contributed by atoms with Crippen molar-refractivity contribution in [2.45, 2.75) is 39.3 Å². The monoisotopic (exact) mass is 393 g/mol. The van der Waals surface area contributed by atoms with Gasteiger partial charge in [-0.3, -0.25) is 0 Å². The minimum absolute atomic E-state index is 0.212. The minimum Gasteiger partial charge on any atom is -0.492 e. The number of benzene rings is 1. The second-order valence-corrected chi connectivity index (χ2v) is 6.20. The molecule has 0 saturated carbocycles. The topological polar surface area (TPSA) is 41.5 Å². The molecule has 0 fully saturated rings. The second-order valence-electron chi connectivity index (χ2n) is 4.49. The summed E-state index contributed by atoms with van der Waals surface area (Å²) in [7, 11) is 0. The van der Waals surface area contributed by atoms with E-state index in [4.69, 9.17) is 9.84 Å². The van der Waals surface area contributed by atoms with Crippen LogP contribution in [0.25, 0.3) is 0 Å². The summed E-state index contributed by atoms with van der Waals surface area (Å²) < 4.78 is 7.47. The van der Waals surface area contributed by atoms with Crippen LogP contribution >= 0.6 is 31.9 Å². The number of aliphatic hydroxyl groups is 1. The number of nitrogens with one attached hydrogen (secondary N) is 1. The van der Waals surface area contributed by atoms with E-state index in [1.165, 1.54) is 5.56 Å². The van der Waals surface area contributed by atoms with Crippen LogP contribution in [0.5, 0.6) is 5.75 Å². The number of hydrogen-bond donors (Lipinski definition) is 2. The Kier molecular flexibility index (Phi) is 7.99. The van der Waals surface area contributed by atoms with Gasteiger partial charge >= 0.3 is 0 Å². The zero-order chi connectivity index (χ0) is 14.3. The molecule has 0 amide bonds. The lowest BCUT2D eigenvalue weighted by Gasteiger charge is -2.11. The quantitative estimate of drug-likeness (QED) is 0.657. The maximum atomic E-state index is 9.17. The number of rotatable bonds is 8. The molecule has 0 aliphatic carbocycles. The molecule has 3 nitrogen and oxygen atoms in total. The highest BCUT2D eigenvalue weighted by molar-refractivity contribution is 9.11.